The first-order chi connectivity index (χ1) is 9.60. The van der Waals surface area contributed by atoms with Gasteiger partial charge >= 0.3 is 0 Å². The average molecular weight is 359 g/mol. The molecular formula is C15H14BrClFNO. The molecule has 1 N–H and O–H groups in total. The van der Waals surface area contributed by atoms with Crippen LogP contribution in [0.1, 0.15) is 11.1 Å². The van der Waals surface area contributed by atoms with Crippen LogP contribution in [0, 0.1) is 5.82 Å². The fourth-order valence-electron chi connectivity index (χ4n) is 1.80. The lowest BCUT2D eigenvalue weighted by atomic mass is 10.1. The zero-order chi connectivity index (χ0) is 14.5. The molecule has 0 aliphatic heterocycles. The normalized spacial score (nSPS) is 10.6. The molecule has 0 heterocycles. The molecule has 0 aromatic heterocycles. The Morgan fingerprint density at radius 3 is 2.75 bits per heavy atom. The molecule has 2 nitrogen and oxygen atoms in total. The second kappa shape index (κ2) is 7.07. The number of nitrogens with one attached hydrogen (secondary N) is 1. The first kappa shape index (κ1) is 15.3. The van der Waals surface area contributed by atoms with Gasteiger partial charge in [-0.3, -0.25) is 0 Å². The second-order valence-corrected chi connectivity index (χ2v) is 5.64. The van der Waals surface area contributed by atoms with E-state index in [-0.39, 0.29) is 12.4 Å². The maximum Gasteiger partial charge on any atom is 0.138 e. The molecule has 0 aliphatic rings. The van der Waals surface area contributed by atoms with Gasteiger partial charge < -0.3 is 10.1 Å². The summed E-state index contributed by atoms with van der Waals surface area (Å²) in [5.41, 5.74) is 1.52. The van der Waals surface area contributed by atoms with Crippen LogP contribution in [-0.4, -0.2) is 7.05 Å². The topological polar surface area (TPSA) is 21.3 Å². The highest BCUT2D eigenvalue weighted by molar-refractivity contribution is 9.10. The van der Waals surface area contributed by atoms with Gasteiger partial charge in [0.1, 0.15) is 18.2 Å². The van der Waals surface area contributed by atoms with Crippen LogP contribution in [0.2, 0.25) is 5.02 Å². The van der Waals surface area contributed by atoms with Gasteiger partial charge in [0.25, 0.3) is 0 Å². The van der Waals surface area contributed by atoms with Crippen LogP contribution in [0.25, 0.3) is 0 Å². The third-order valence-corrected chi connectivity index (χ3v) is 3.56. The SMILES string of the molecule is CNCc1ccc(F)c(COc2ccc(Br)cc2Cl)c1. The third kappa shape index (κ3) is 3.95. The fourth-order valence-corrected chi connectivity index (χ4v) is 2.53. The molecule has 0 bridgehead atoms. The number of hydrogen-bond donors (Lipinski definition) is 1. The summed E-state index contributed by atoms with van der Waals surface area (Å²) < 4.78 is 20.2. The van der Waals surface area contributed by atoms with Gasteiger partial charge in [-0.25, -0.2) is 4.39 Å². The van der Waals surface area contributed by atoms with Gasteiger partial charge in [0, 0.05) is 16.6 Å². The number of hydrogen-bond acceptors (Lipinski definition) is 2. The van der Waals surface area contributed by atoms with Crippen molar-refractivity contribution < 1.29 is 9.13 Å². The van der Waals surface area contributed by atoms with Crippen molar-refractivity contribution in [3.8, 4) is 5.75 Å². The zero-order valence-corrected chi connectivity index (χ0v) is 13.3. The summed E-state index contributed by atoms with van der Waals surface area (Å²) in [4.78, 5) is 0. The van der Waals surface area contributed by atoms with Gasteiger partial charge in [0.15, 0.2) is 0 Å². The van der Waals surface area contributed by atoms with E-state index in [2.05, 4.69) is 21.2 Å². The van der Waals surface area contributed by atoms with Crippen molar-refractivity contribution >= 4 is 27.5 Å². The van der Waals surface area contributed by atoms with E-state index < -0.39 is 0 Å². The minimum atomic E-state index is -0.280. The molecule has 0 saturated heterocycles. The highest BCUT2D eigenvalue weighted by Crippen LogP contribution is 2.28. The minimum Gasteiger partial charge on any atom is -0.487 e. The smallest absolute Gasteiger partial charge is 0.138 e. The number of halogens is 3. The predicted octanol–water partition coefficient (Wildman–Crippen LogP) is 4.54. The number of benzene rings is 2. The molecule has 0 aliphatic carbocycles. The molecule has 2 rings (SSSR count). The van der Waals surface area contributed by atoms with E-state index in [1.165, 1.54) is 6.07 Å². The quantitative estimate of drug-likeness (QED) is 0.847. The molecule has 0 atom stereocenters. The largest absolute Gasteiger partial charge is 0.487 e. The van der Waals surface area contributed by atoms with E-state index in [9.17, 15) is 4.39 Å². The molecule has 20 heavy (non-hydrogen) atoms. The van der Waals surface area contributed by atoms with Gasteiger partial charge in [0.05, 0.1) is 5.02 Å². The Balaban J connectivity index is 2.11. The van der Waals surface area contributed by atoms with Gasteiger partial charge in [0.2, 0.25) is 0 Å². The lowest BCUT2D eigenvalue weighted by molar-refractivity contribution is 0.300. The molecular weight excluding hydrogens is 345 g/mol. The van der Waals surface area contributed by atoms with E-state index in [1.54, 1.807) is 24.3 Å². The highest BCUT2D eigenvalue weighted by atomic mass is 79.9. The summed E-state index contributed by atoms with van der Waals surface area (Å²) in [5, 5.41) is 3.52. The Hall–Kier alpha value is -1.10. The molecule has 0 saturated carbocycles. The highest BCUT2D eigenvalue weighted by Gasteiger charge is 2.07. The van der Waals surface area contributed by atoms with Gasteiger partial charge in [-0.1, -0.05) is 33.6 Å². The Bertz CT molecular complexity index is 606. The van der Waals surface area contributed by atoms with E-state index in [0.717, 1.165) is 10.0 Å². The molecule has 0 unspecified atom stereocenters. The van der Waals surface area contributed by atoms with Crippen molar-refractivity contribution in [1.82, 2.24) is 5.32 Å². The van der Waals surface area contributed by atoms with Crippen molar-refractivity contribution in [2.75, 3.05) is 7.05 Å². The third-order valence-electron chi connectivity index (χ3n) is 2.77. The van der Waals surface area contributed by atoms with Crippen LogP contribution >= 0.6 is 27.5 Å². The number of ether oxygens (including phenoxy) is 1. The van der Waals surface area contributed by atoms with Gasteiger partial charge in [-0.15, -0.1) is 0 Å². The summed E-state index contributed by atoms with van der Waals surface area (Å²) in [6.07, 6.45) is 0. The van der Waals surface area contributed by atoms with Crippen molar-refractivity contribution in [1.29, 1.82) is 0 Å². The van der Waals surface area contributed by atoms with Crippen molar-refractivity contribution in [2.45, 2.75) is 13.2 Å². The molecule has 2 aromatic carbocycles. The summed E-state index contributed by atoms with van der Waals surface area (Å²) in [5.74, 6) is 0.256. The van der Waals surface area contributed by atoms with E-state index >= 15 is 0 Å². The molecule has 106 valence electrons. The van der Waals surface area contributed by atoms with Crippen LogP contribution in [0.5, 0.6) is 5.75 Å². The van der Waals surface area contributed by atoms with E-state index in [0.29, 0.717) is 22.9 Å². The van der Waals surface area contributed by atoms with Crippen LogP contribution < -0.4 is 10.1 Å². The Morgan fingerprint density at radius 2 is 2.05 bits per heavy atom. The number of rotatable bonds is 5. The first-order valence-corrected chi connectivity index (χ1v) is 7.27. The molecule has 0 radical (unpaired) electrons. The predicted molar refractivity (Wildman–Crippen MR) is 82.6 cm³/mol. The van der Waals surface area contributed by atoms with Crippen LogP contribution in [-0.2, 0) is 13.2 Å². The van der Waals surface area contributed by atoms with Crippen LogP contribution in [0.4, 0.5) is 4.39 Å². The summed E-state index contributed by atoms with van der Waals surface area (Å²) in [7, 11) is 1.85. The molecule has 2 aromatic rings. The maximum absolute atomic E-state index is 13.7. The lowest BCUT2D eigenvalue weighted by Crippen LogP contribution is -2.07. The van der Waals surface area contributed by atoms with Crippen LogP contribution in [0.3, 0.4) is 0 Å². The average Bonchev–Trinajstić information content (AvgIpc) is 2.41. The molecule has 5 heteroatoms. The Kier molecular flexibility index (Phi) is 5.40. The fraction of sp³-hybridized carbons (Fsp3) is 0.200. The monoisotopic (exact) mass is 357 g/mol. The first-order valence-electron chi connectivity index (χ1n) is 6.10. The zero-order valence-electron chi connectivity index (χ0n) is 10.9. The van der Waals surface area contributed by atoms with Gasteiger partial charge in [-0.2, -0.15) is 0 Å². The van der Waals surface area contributed by atoms with E-state index in [1.807, 2.05) is 13.1 Å². The van der Waals surface area contributed by atoms with Crippen LogP contribution in [0.15, 0.2) is 40.9 Å². The summed E-state index contributed by atoms with van der Waals surface area (Å²) in [6.45, 7) is 0.830. The van der Waals surface area contributed by atoms with Gasteiger partial charge in [-0.05, 0) is 42.9 Å². The molecule has 0 fully saturated rings. The second-order valence-electron chi connectivity index (χ2n) is 4.32. The standard InChI is InChI=1S/C15H14BrClFNO/c1-19-8-10-2-4-14(18)11(6-10)9-20-15-5-3-12(16)7-13(15)17/h2-7,19H,8-9H2,1H3. The molecule has 0 spiro atoms. The Morgan fingerprint density at radius 1 is 1.25 bits per heavy atom. The Labute approximate surface area is 131 Å². The van der Waals surface area contributed by atoms with Crippen molar-refractivity contribution in [2.24, 2.45) is 0 Å². The van der Waals surface area contributed by atoms with E-state index in [4.69, 9.17) is 16.3 Å². The summed E-state index contributed by atoms with van der Waals surface area (Å²) >= 11 is 9.38. The minimum absolute atomic E-state index is 0.144. The lowest BCUT2D eigenvalue weighted by Gasteiger charge is -2.10. The van der Waals surface area contributed by atoms with Crippen molar-refractivity contribution in [3.05, 3.63) is 62.8 Å². The molecule has 0 amide bonds. The van der Waals surface area contributed by atoms with Crippen molar-refractivity contribution in [3.63, 3.8) is 0 Å². The maximum atomic E-state index is 13.7. The summed E-state index contributed by atoms with van der Waals surface area (Å²) in [6, 6.07) is 10.3.